The maximum Gasteiger partial charge on any atom is 0.295 e. The Morgan fingerprint density at radius 2 is 1.82 bits per heavy atom. The number of halogens is 1. The number of hydrogen-bond acceptors (Lipinski definition) is 5. The third kappa shape index (κ3) is 5.44. The fourth-order valence-corrected chi connectivity index (χ4v) is 4.58. The number of hydrogen-bond donors (Lipinski definition) is 2. The number of carbonyl (C=O) groups is 1. The zero-order valence-corrected chi connectivity index (χ0v) is 17.5. The highest BCUT2D eigenvalue weighted by Gasteiger charge is 2.31. The van der Waals surface area contributed by atoms with Gasteiger partial charge >= 0.3 is 0 Å². The number of rotatable bonds is 6. The fraction of sp³-hybridized carbons (Fsp3) is 0.278. The normalized spacial score (nSPS) is 16.3. The molecule has 1 aliphatic rings. The molecule has 1 amide bonds. The molecule has 2 heterocycles. The second-order valence-corrected chi connectivity index (χ2v) is 9.21. The van der Waals surface area contributed by atoms with Gasteiger partial charge in [0.2, 0.25) is 10.0 Å². The molecule has 0 saturated carbocycles. The molecule has 0 unspecified atom stereocenters. The molecule has 1 aromatic heterocycles. The molecular formula is C18H21BrN5O3S+. The van der Waals surface area contributed by atoms with E-state index in [1.807, 2.05) is 0 Å². The highest BCUT2D eigenvalue weighted by Crippen LogP contribution is 2.18. The van der Waals surface area contributed by atoms with E-state index < -0.39 is 10.0 Å². The van der Waals surface area contributed by atoms with E-state index in [1.54, 1.807) is 55.0 Å². The molecule has 10 heteroatoms. The SMILES string of the molecule is O=C(C[NH+]1CCN(S(=O)(=O)c2ccc(Br)cc2)CC1)NN=Cc1ccncc1. The second-order valence-electron chi connectivity index (χ2n) is 6.36. The summed E-state index contributed by atoms with van der Waals surface area (Å²) in [6.07, 6.45) is 4.85. The van der Waals surface area contributed by atoms with Gasteiger partial charge in [-0.05, 0) is 42.0 Å². The standard InChI is InChI=1S/C18H20BrN5O3S/c19-16-1-3-17(4-2-16)28(26,27)24-11-9-23(10-12-24)14-18(25)22-21-13-15-5-7-20-8-6-15/h1-8,13H,9-12,14H2,(H,22,25)/p+1. The van der Waals surface area contributed by atoms with Crippen LogP contribution >= 0.6 is 15.9 Å². The zero-order chi connectivity index (χ0) is 20.0. The summed E-state index contributed by atoms with van der Waals surface area (Å²) >= 11 is 3.31. The third-order valence-electron chi connectivity index (χ3n) is 4.40. The van der Waals surface area contributed by atoms with Gasteiger partial charge in [-0.3, -0.25) is 9.78 Å². The van der Waals surface area contributed by atoms with Gasteiger partial charge in [0.15, 0.2) is 6.54 Å². The van der Waals surface area contributed by atoms with Crippen LogP contribution in [0.4, 0.5) is 0 Å². The minimum Gasteiger partial charge on any atom is -0.325 e. The summed E-state index contributed by atoms with van der Waals surface area (Å²) in [6, 6.07) is 10.2. The Morgan fingerprint density at radius 3 is 2.46 bits per heavy atom. The van der Waals surface area contributed by atoms with Crippen molar-refractivity contribution in [1.29, 1.82) is 0 Å². The number of aromatic nitrogens is 1. The van der Waals surface area contributed by atoms with Crippen LogP contribution < -0.4 is 10.3 Å². The maximum atomic E-state index is 12.7. The number of hydrazone groups is 1. The Balaban J connectivity index is 1.48. The molecule has 28 heavy (non-hydrogen) atoms. The first-order valence-electron chi connectivity index (χ1n) is 8.76. The Morgan fingerprint density at radius 1 is 1.18 bits per heavy atom. The smallest absolute Gasteiger partial charge is 0.295 e. The van der Waals surface area contributed by atoms with Gasteiger partial charge < -0.3 is 4.90 Å². The number of pyridine rings is 1. The van der Waals surface area contributed by atoms with Crippen LogP contribution in [0.5, 0.6) is 0 Å². The Hall–Kier alpha value is -2.14. The molecule has 2 aromatic rings. The molecule has 0 spiro atoms. The summed E-state index contributed by atoms with van der Waals surface area (Å²) in [4.78, 5) is 17.3. The average Bonchev–Trinajstić information content (AvgIpc) is 2.69. The van der Waals surface area contributed by atoms with Gasteiger partial charge in [0.1, 0.15) is 0 Å². The molecule has 2 N–H and O–H groups in total. The lowest BCUT2D eigenvalue weighted by atomic mass is 10.3. The summed E-state index contributed by atoms with van der Waals surface area (Å²) in [6.45, 7) is 2.14. The van der Waals surface area contributed by atoms with Crippen LogP contribution in [0.2, 0.25) is 0 Å². The first-order valence-corrected chi connectivity index (χ1v) is 11.0. The van der Waals surface area contributed by atoms with E-state index in [0.717, 1.165) is 14.9 Å². The van der Waals surface area contributed by atoms with E-state index in [0.29, 0.717) is 26.2 Å². The van der Waals surface area contributed by atoms with Crippen molar-refractivity contribution in [1.82, 2.24) is 14.7 Å². The lowest BCUT2D eigenvalue weighted by Gasteiger charge is -2.31. The molecule has 0 radical (unpaired) electrons. The van der Waals surface area contributed by atoms with Crippen LogP contribution in [0.15, 0.2) is 63.3 Å². The van der Waals surface area contributed by atoms with E-state index in [1.165, 1.54) is 4.31 Å². The van der Waals surface area contributed by atoms with Crippen LogP contribution in [0.25, 0.3) is 0 Å². The Bertz CT molecular complexity index is 927. The van der Waals surface area contributed by atoms with Gasteiger partial charge in [0.25, 0.3) is 5.91 Å². The van der Waals surface area contributed by atoms with Gasteiger partial charge in [-0.2, -0.15) is 9.41 Å². The average molecular weight is 467 g/mol. The first-order chi connectivity index (χ1) is 13.4. The van der Waals surface area contributed by atoms with Crippen molar-refractivity contribution in [3.8, 4) is 0 Å². The van der Waals surface area contributed by atoms with E-state index in [4.69, 9.17) is 0 Å². The van der Waals surface area contributed by atoms with E-state index in [2.05, 4.69) is 31.4 Å². The molecule has 0 atom stereocenters. The summed E-state index contributed by atoms with van der Waals surface area (Å²) in [5.74, 6) is -0.204. The van der Waals surface area contributed by atoms with Crippen molar-refractivity contribution in [2.75, 3.05) is 32.7 Å². The quantitative estimate of drug-likeness (QED) is 0.458. The largest absolute Gasteiger partial charge is 0.325 e. The van der Waals surface area contributed by atoms with Crippen molar-refractivity contribution in [2.24, 2.45) is 5.10 Å². The number of amides is 1. The van der Waals surface area contributed by atoms with Crippen LogP contribution in [0, 0.1) is 0 Å². The predicted molar refractivity (Wildman–Crippen MR) is 108 cm³/mol. The molecule has 1 aliphatic heterocycles. The molecule has 1 fully saturated rings. The van der Waals surface area contributed by atoms with Gasteiger partial charge in [-0.25, -0.2) is 13.8 Å². The topological polar surface area (TPSA) is 96.2 Å². The number of nitrogens with one attached hydrogen (secondary N) is 2. The van der Waals surface area contributed by atoms with Gasteiger partial charge in [-0.15, -0.1) is 0 Å². The van der Waals surface area contributed by atoms with Crippen LogP contribution in [0.3, 0.4) is 0 Å². The summed E-state index contributed by atoms with van der Waals surface area (Å²) in [5.41, 5.74) is 3.35. The third-order valence-corrected chi connectivity index (χ3v) is 6.84. The first kappa shape index (κ1) is 20.6. The lowest BCUT2D eigenvalue weighted by Crippen LogP contribution is -3.15. The fourth-order valence-electron chi connectivity index (χ4n) is 2.87. The summed E-state index contributed by atoms with van der Waals surface area (Å²) < 4.78 is 27.7. The summed E-state index contributed by atoms with van der Waals surface area (Å²) in [7, 11) is -3.51. The Labute approximate surface area is 172 Å². The molecule has 8 nitrogen and oxygen atoms in total. The molecule has 148 valence electrons. The van der Waals surface area contributed by atoms with E-state index in [9.17, 15) is 13.2 Å². The van der Waals surface area contributed by atoms with Crippen molar-refractivity contribution in [2.45, 2.75) is 4.90 Å². The predicted octanol–water partition coefficient (Wildman–Crippen LogP) is -0.116. The maximum absolute atomic E-state index is 12.7. The van der Waals surface area contributed by atoms with Gasteiger partial charge in [-0.1, -0.05) is 15.9 Å². The molecule has 0 aliphatic carbocycles. The number of piperazine rings is 1. The van der Waals surface area contributed by atoms with Crippen LogP contribution in [-0.4, -0.2) is 62.6 Å². The molecular weight excluding hydrogens is 446 g/mol. The van der Waals surface area contributed by atoms with Crippen LogP contribution in [-0.2, 0) is 14.8 Å². The zero-order valence-electron chi connectivity index (χ0n) is 15.1. The minimum atomic E-state index is -3.51. The number of benzene rings is 1. The molecule has 0 bridgehead atoms. The monoisotopic (exact) mass is 466 g/mol. The van der Waals surface area contributed by atoms with E-state index >= 15 is 0 Å². The van der Waals surface area contributed by atoms with Crippen molar-refractivity contribution >= 4 is 38.1 Å². The molecule has 1 saturated heterocycles. The second kappa shape index (κ2) is 9.37. The molecule has 1 aromatic carbocycles. The number of sulfonamides is 1. The van der Waals surface area contributed by atoms with Crippen molar-refractivity contribution in [3.05, 3.63) is 58.8 Å². The minimum absolute atomic E-state index is 0.204. The Kier molecular flexibility index (Phi) is 6.89. The molecule has 3 rings (SSSR count). The lowest BCUT2D eigenvalue weighted by molar-refractivity contribution is -0.895. The van der Waals surface area contributed by atoms with E-state index in [-0.39, 0.29) is 17.3 Å². The van der Waals surface area contributed by atoms with Crippen LogP contribution in [0.1, 0.15) is 5.56 Å². The van der Waals surface area contributed by atoms with Gasteiger partial charge in [0.05, 0.1) is 37.3 Å². The number of carbonyl (C=O) groups excluding carboxylic acids is 1. The summed E-state index contributed by atoms with van der Waals surface area (Å²) in [5, 5.41) is 3.93. The highest BCUT2D eigenvalue weighted by molar-refractivity contribution is 9.10. The number of nitrogens with zero attached hydrogens (tertiary/aromatic N) is 3. The van der Waals surface area contributed by atoms with Crippen molar-refractivity contribution < 1.29 is 18.1 Å². The van der Waals surface area contributed by atoms with Crippen molar-refractivity contribution in [3.63, 3.8) is 0 Å². The number of quaternary nitrogens is 1. The van der Waals surface area contributed by atoms with Gasteiger partial charge in [0, 0.05) is 16.9 Å². The highest BCUT2D eigenvalue weighted by atomic mass is 79.9.